The molecule has 0 aliphatic rings. The van der Waals surface area contributed by atoms with E-state index in [1.54, 1.807) is 7.11 Å². The maximum atomic E-state index is 5.05. The Bertz CT molecular complexity index is 280. The lowest BCUT2D eigenvalue weighted by atomic mass is 10.2. The smallest absolute Gasteiger partial charge is 0.0855 e. The Labute approximate surface area is 85.6 Å². The summed E-state index contributed by atoms with van der Waals surface area (Å²) in [6, 6.07) is 10.3. The van der Waals surface area contributed by atoms with E-state index in [-0.39, 0.29) is 0 Å². The van der Waals surface area contributed by atoms with Crippen LogP contribution in [-0.4, -0.2) is 13.7 Å². The third kappa shape index (κ3) is 3.62. The first kappa shape index (κ1) is 10.8. The molecule has 0 heterocycles. The van der Waals surface area contributed by atoms with Gasteiger partial charge in [0.15, 0.2) is 0 Å². The second-order valence-electron chi connectivity index (χ2n) is 3.09. The molecule has 0 saturated heterocycles. The molecule has 1 aromatic rings. The zero-order valence-corrected chi connectivity index (χ0v) is 8.79. The normalized spacial score (nSPS) is 11.4. The van der Waals surface area contributed by atoms with Crippen molar-refractivity contribution in [3.05, 3.63) is 47.7 Å². The molecule has 1 aromatic carbocycles. The molecule has 0 aliphatic heterocycles. The Hall–Kier alpha value is -1.28. The van der Waals surface area contributed by atoms with E-state index in [4.69, 9.17) is 4.74 Å². The van der Waals surface area contributed by atoms with Gasteiger partial charge < -0.3 is 10.1 Å². The molecule has 2 nitrogen and oxygen atoms in total. The van der Waals surface area contributed by atoms with Crippen LogP contribution in [0.4, 0.5) is 0 Å². The number of hydrogen-bond donors (Lipinski definition) is 1. The molecule has 0 fully saturated rings. The average Bonchev–Trinajstić information content (AvgIpc) is 2.25. The van der Waals surface area contributed by atoms with E-state index in [0.29, 0.717) is 6.61 Å². The summed E-state index contributed by atoms with van der Waals surface area (Å²) >= 11 is 0. The largest absolute Gasteiger partial charge is 0.383 e. The minimum Gasteiger partial charge on any atom is -0.383 e. The first-order valence-corrected chi connectivity index (χ1v) is 4.78. The SMILES string of the molecule is CC=C(COC)NCc1ccccc1. The maximum Gasteiger partial charge on any atom is 0.0855 e. The van der Waals surface area contributed by atoms with Crippen LogP contribution in [0.5, 0.6) is 0 Å². The molecule has 14 heavy (non-hydrogen) atoms. The first-order valence-electron chi connectivity index (χ1n) is 4.78. The minimum atomic E-state index is 0.642. The standard InChI is InChI=1S/C12H17NO/c1-3-12(10-14-2)13-9-11-7-5-4-6-8-11/h3-8,13H,9-10H2,1-2H3. The van der Waals surface area contributed by atoms with Crippen LogP contribution in [0.15, 0.2) is 42.1 Å². The monoisotopic (exact) mass is 191 g/mol. The second-order valence-corrected chi connectivity index (χ2v) is 3.09. The lowest BCUT2D eigenvalue weighted by Crippen LogP contribution is -2.16. The van der Waals surface area contributed by atoms with Crippen LogP contribution in [-0.2, 0) is 11.3 Å². The second kappa shape index (κ2) is 6.22. The Morgan fingerprint density at radius 2 is 2.07 bits per heavy atom. The van der Waals surface area contributed by atoms with E-state index in [0.717, 1.165) is 12.2 Å². The minimum absolute atomic E-state index is 0.642. The number of benzene rings is 1. The Morgan fingerprint density at radius 3 is 2.64 bits per heavy atom. The fraction of sp³-hybridized carbons (Fsp3) is 0.333. The van der Waals surface area contributed by atoms with Gasteiger partial charge in [0.2, 0.25) is 0 Å². The van der Waals surface area contributed by atoms with Crippen molar-refractivity contribution in [3.63, 3.8) is 0 Å². The van der Waals surface area contributed by atoms with Gasteiger partial charge in [-0.25, -0.2) is 0 Å². The average molecular weight is 191 g/mol. The van der Waals surface area contributed by atoms with Gasteiger partial charge in [-0.05, 0) is 12.5 Å². The molecule has 0 amide bonds. The van der Waals surface area contributed by atoms with Gasteiger partial charge in [0, 0.05) is 19.4 Å². The third-order valence-electron chi connectivity index (χ3n) is 2.01. The molecular formula is C12H17NO. The highest BCUT2D eigenvalue weighted by Gasteiger charge is 1.94. The number of ether oxygens (including phenoxy) is 1. The molecule has 0 atom stereocenters. The summed E-state index contributed by atoms with van der Waals surface area (Å²) in [5.41, 5.74) is 2.40. The van der Waals surface area contributed by atoms with Crippen LogP contribution in [0.25, 0.3) is 0 Å². The molecule has 0 bridgehead atoms. The van der Waals surface area contributed by atoms with Crippen LogP contribution >= 0.6 is 0 Å². The Morgan fingerprint density at radius 1 is 1.36 bits per heavy atom. The summed E-state index contributed by atoms with van der Waals surface area (Å²) in [7, 11) is 1.70. The fourth-order valence-electron chi connectivity index (χ4n) is 1.20. The zero-order valence-electron chi connectivity index (χ0n) is 8.79. The van der Waals surface area contributed by atoms with E-state index in [1.807, 2.05) is 31.2 Å². The maximum absolute atomic E-state index is 5.05. The van der Waals surface area contributed by atoms with Crippen LogP contribution in [0.3, 0.4) is 0 Å². The van der Waals surface area contributed by atoms with E-state index in [1.165, 1.54) is 5.56 Å². The quantitative estimate of drug-likeness (QED) is 0.771. The Balaban J connectivity index is 2.40. The van der Waals surface area contributed by atoms with Gasteiger partial charge in [0.1, 0.15) is 0 Å². The molecule has 0 aliphatic carbocycles. The molecule has 1 N–H and O–H groups in total. The summed E-state index contributed by atoms with van der Waals surface area (Å²) in [6.45, 7) is 3.50. The third-order valence-corrected chi connectivity index (χ3v) is 2.01. The van der Waals surface area contributed by atoms with Gasteiger partial charge >= 0.3 is 0 Å². The van der Waals surface area contributed by atoms with Crippen LogP contribution in [0.2, 0.25) is 0 Å². The first-order chi connectivity index (χ1) is 6.86. The van der Waals surface area contributed by atoms with Crippen LogP contribution in [0, 0.1) is 0 Å². The number of allylic oxidation sites excluding steroid dienone is 1. The van der Waals surface area contributed by atoms with Crippen LogP contribution < -0.4 is 5.32 Å². The summed E-state index contributed by atoms with van der Waals surface area (Å²) in [5.74, 6) is 0. The molecule has 0 radical (unpaired) electrons. The predicted octanol–water partition coefficient (Wildman–Crippen LogP) is 2.33. The van der Waals surface area contributed by atoms with Crippen molar-refractivity contribution in [2.75, 3.05) is 13.7 Å². The highest BCUT2D eigenvalue weighted by molar-refractivity contribution is 5.15. The van der Waals surface area contributed by atoms with Crippen molar-refractivity contribution in [1.29, 1.82) is 0 Å². The molecule has 0 unspecified atom stereocenters. The van der Waals surface area contributed by atoms with Gasteiger partial charge in [-0.2, -0.15) is 0 Å². The molecule has 0 aromatic heterocycles. The van der Waals surface area contributed by atoms with E-state index >= 15 is 0 Å². The van der Waals surface area contributed by atoms with Crippen molar-refractivity contribution < 1.29 is 4.74 Å². The summed E-state index contributed by atoms with van der Waals surface area (Å²) < 4.78 is 5.05. The lowest BCUT2D eigenvalue weighted by Gasteiger charge is -2.09. The van der Waals surface area contributed by atoms with Crippen molar-refractivity contribution in [1.82, 2.24) is 5.32 Å². The van der Waals surface area contributed by atoms with Crippen molar-refractivity contribution in [2.45, 2.75) is 13.5 Å². The molecule has 2 heteroatoms. The lowest BCUT2D eigenvalue weighted by molar-refractivity contribution is 0.219. The molecule has 0 spiro atoms. The zero-order chi connectivity index (χ0) is 10.2. The highest BCUT2D eigenvalue weighted by Crippen LogP contribution is 1.99. The topological polar surface area (TPSA) is 21.3 Å². The summed E-state index contributed by atoms with van der Waals surface area (Å²) in [6.07, 6.45) is 2.03. The predicted molar refractivity (Wildman–Crippen MR) is 58.9 cm³/mol. The highest BCUT2D eigenvalue weighted by atomic mass is 16.5. The molecule has 1 rings (SSSR count). The van der Waals surface area contributed by atoms with Gasteiger partial charge in [-0.1, -0.05) is 36.4 Å². The van der Waals surface area contributed by atoms with E-state index in [9.17, 15) is 0 Å². The van der Waals surface area contributed by atoms with E-state index in [2.05, 4.69) is 17.4 Å². The van der Waals surface area contributed by atoms with Crippen molar-refractivity contribution >= 4 is 0 Å². The fourth-order valence-corrected chi connectivity index (χ4v) is 1.20. The number of hydrogen-bond acceptors (Lipinski definition) is 2. The van der Waals surface area contributed by atoms with E-state index < -0.39 is 0 Å². The van der Waals surface area contributed by atoms with Gasteiger partial charge in [-0.15, -0.1) is 0 Å². The van der Waals surface area contributed by atoms with Crippen molar-refractivity contribution in [2.24, 2.45) is 0 Å². The van der Waals surface area contributed by atoms with Crippen LogP contribution in [0.1, 0.15) is 12.5 Å². The van der Waals surface area contributed by atoms with Crippen molar-refractivity contribution in [3.8, 4) is 0 Å². The molecule has 0 saturated carbocycles. The Kier molecular flexibility index (Phi) is 4.79. The molecule has 76 valence electrons. The van der Waals surface area contributed by atoms with Gasteiger partial charge in [0.05, 0.1) is 6.61 Å². The number of methoxy groups -OCH3 is 1. The van der Waals surface area contributed by atoms with Gasteiger partial charge in [-0.3, -0.25) is 0 Å². The summed E-state index contributed by atoms with van der Waals surface area (Å²) in [4.78, 5) is 0. The number of rotatable bonds is 5. The summed E-state index contributed by atoms with van der Waals surface area (Å²) in [5, 5.41) is 3.32. The molecular weight excluding hydrogens is 174 g/mol. The number of nitrogens with one attached hydrogen (secondary N) is 1. The van der Waals surface area contributed by atoms with Gasteiger partial charge in [0.25, 0.3) is 0 Å².